The molecule has 0 unspecified atom stereocenters. The zero-order chi connectivity index (χ0) is 26.1. The van der Waals surface area contributed by atoms with E-state index in [1.165, 1.54) is 17.9 Å². The van der Waals surface area contributed by atoms with Crippen molar-refractivity contribution in [1.29, 1.82) is 0 Å². The molecular formula is C28H23N5O4. The van der Waals surface area contributed by atoms with E-state index in [0.717, 1.165) is 17.0 Å². The standard InChI is InChI=1S/C28H23N5O4/c1-18-15-21(19(2)31(18)25-14-13-22(37-3)16-26(25)33(35)36)17-29-32-27(20-9-5-4-6-10-20)30-24-12-8-7-11-23(24)28(32)34/h4-17H,1-3H3. The maximum absolute atomic E-state index is 13.4. The van der Waals surface area contributed by atoms with E-state index in [4.69, 9.17) is 9.72 Å². The zero-order valence-corrected chi connectivity index (χ0v) is 20.5. The number of hydrogen-bond donors (Lipinski definition) is 0. The van der Waals surface area contributed by atoms with E-state index in [2.05, 4.69) is 5.10 Å². The summed E-state index contributed by atoms with van der Waals surface area (Å²) in [6, 6.07) is 23.1. The van der Waals surface area contributed by atoms with Crippen molar-refractivity contribution >= 4 is 22.8 Å². The number of fused-ring (bicyclic) bond motifs is 1. The first-order valence-corrected chi connectivity index (χ1v) is 11.5. The lowest BCUT2D eigenvalue weighted by Crippen LogP contribution is -2.20. The van der Waals surface area contributed by atoms with Crippen molar-refractivity contribution in [3.05, 3.63) is 116 Å². The maximum Gasteiger partial charge on any atom is 0.296 e. The lowest BCUT2D eigenvalue weighted by molar-refractivity contribution is -0.384. The number of nitro benzene ring substituents is 1. The molecule has 2 heterocycles. The van der Waals surface area contributed by atoms with Crippen LogP contribution in [0.5, 0.6) is 5.75 Å². The van der Waals surface area contributed by atoms with Crippen LogP contribution in [0.1, 0.15) is 17.0 Å². The first-order chi connectivity index (χ1) is 17.9. The Hall–Kier alpha value is -5.05. The molecule has 0 fully saturated rings. The highest BCUT2D eigenvalue weighted by atomic mass is 16.6. The molecular weight excluding hydrogens is 470 g/mol. The normalized spacial score (nSPS) is 11.3. The summed E-state index contributed by atoms with van der Waals surface area (Å²) in [6.07, 6.45) is 1.58. The summed E-state index contributed by atoms with van der Waals surface area (Å²) in [6.45, 7) is 3.71. The van der Waals surface area contributed by atoms with Crippen LogP contribution in [0.25, 0.3) is 28.0 Å². The molecule has 0 aliphatic rings. The third-order valence-corrected chi connectivity index (χ3v) is 6.19. The highest BCUT2D eigenvalue weighted by molar-refractivity contribution is 5.84. The molecule has 0 atom stereocenters. The maximum atomic E-state index is 13.4. The van der Waals surface area contributed by atoms with Gasteiger partial charge in [0.15, 0.2) is 5.82 Å². The number of aryl methyl sites for hydroxylation is 1. The van der Waals surface area contributed by atoms with E-state index in [0.29, 0.717) is 33.7 Å². The number of methoxy groups -OCH3 is 1. The molecule has 0 N–H and O–H groups in total. The van der Waals surface area contributed by atoms with Gasteiger partial charge in [0.25, 0.3) is 11.2 Å². The predicted octanol–water partition coefficient (Wildman–Crippen LogP) is 5.27. The lowest BCUT2D eigenvalue weighted by Gasteiger charge is -2.11. The van der Waals surface area contributed by atoms with Gasteiger partial charge in [-0.2, -0.15) is 9.78 Å². The highest BCUT2D eigenvalue weighted by Crippen LogP contribution is 2.31. The summed E-state index contributed by atoms with van der Waals surface area (Å²) >= 11 is 0. The van der Waals surface area contributed by atoms with Crippen LogP contribution in [0.4, 0.5) is 5.69 Å². The Balaban J connectivity index is 1.65. The summed E-state index contributed by atoms with van der Waals surface area (Å²) in [5.41, 5.74) is 3.60. The molecule has 0 radical (unpaired) electrons. The second-order valence-corrected chi connectivity index (χ2v) is 8.45. The molecule has 5 aromatic rings. The molecule has 9 nitrogen and oxygen atoms in total. The quantitative estimate of drug-likeness (QED) is 0.182. The van der Waals surface area contributed by atoms with E-state index in [9.17, 15) is 14.9 Å². The van der Waals surface area contributed by atoms with Gasteiger partial charge in [0, 0.05) is 22.5 Å². The fourth-order valence-corrected chi connectivity index (χ4v) is 4.38. The molecule has 5 rings (SSSR count). The number of nitro groups is 1. The third kappa shape index (κ3) is 4.27. The van der Waals surface area contributed by atoms with E-state index in [1.807, 2.05) is 56.3 Å². The number of rotatable bonds is 6. The first kappa shape index (κ1) is 23.7. The SMILES string of the molecule is COc1ccc(-n2c(C)cc(C=Nn3c(-c4ccccc4)nc4ccccc4c3=O)c2C)c([N+](=O)[O-])c1. The fraction of sp³-hybridized carbons (Fsp3) is 0.107. The van der Waals surface area contributed by atoms with Gasteiger partial charge < -0.3 is 9.30 Å². The van der Waals surface area contributed by atoms with Gasteiger partial charge in [0.2, 0.25) is 0 Å². The number of nitrogens with zero attached hydrogens (tertiary/aromatic N) is 5. The molecule has 0 bridgehead atoms. The Morgan fingerprint density at radius 2 is 1.73 bits per heavy atom. The largest absolute Gasteiger partial charge is 0.496 e. The summed E-state index contributed by atoms with van der Waals surface area (Å²) in [5, 5.41) is 16.8. The molecule has 9 heteroatoms. The van der Waals surface area contributed by atoms with Crippen LogP contribution in [0.15, 0.2) is 88.8 Å². The van der Waals surface area contributed by atoms with Gasteiger partial charge in [-0.05, 0) is 44.2 Å². The van der Waals surface area contributed by atoms with E-state index >= 15 is 0 Å². The molecule has 184 valence electrons. The Morgan fingerprint density at radius 1 is 1.00 bits per heavy atom. The van der Waals surface area contributed by atoms with Crippen LogP contribution in [-0.4, -0.2) is 32.5 Å². The number of para-hydroxylation sites is 1. The van der Waals surface area contributed by atoms with Crippen molar-refractivity contribution in [2.45, 2.75) is 13.8 Å². The summed E-state index contributed by atoms with van der Waals surface area (Å²) in [7, 11) is 1.47. The summed E-state index contributed by atoms with van der Waals surface area (Å²) < 4.78 is 8.25. The van der Waals surface area contributed by atoms with Gasteiger partial charge in [0.1, 0.15) is 11.4 Å². The minimum atomic E-state index is -0.434. The minimum absolute atomic E-state index is 0.0778. The van der Waals surface area contributed by atoms with Crippen LogP contribution < -0.4 is 10.3 Å². The number of benzene rings is 3. The van der Waals surface area contributed by atoms with Gasteiger partial charge >= 0.3 is 0 Å². The Labute approximate surface area is 212 Å². The Morgan fingerprint density at radius 3 is 2.46 bits per heavy atom. The van der Waals surface area contributed by atoms with Crippen molar-refractivity contribution in [3.63, 3.8) is 0 Å². The molecule has 3 aromatic carbocycles. The Bertz CT molecular complexity index is 1740. The van der Waals surface area contributed by atoms with Gasteiger partial charge in [0.05, 0.1) is 35.2 Å². The number of ether oxygens (including phenoxy) is 1. The molecule has 0 saturated carbocycles. The van der Waals surface area contributed by atoms with Crippen LogP contribution in [-0.2, 0) is 0 Å². The van der Waals surface area contributed by atoms with Gasteiger partial charge in [-0.15, -0.1) is 0 Å². The second kappa shape index (κ2) is 9.54. The van der Waals surface area contributed by atoms with Gasteiger partial charge in [-0.1, -0.05) is 42.5 Å². The molecule has 2 aromatic heterocycles. The number of hydrogen-bond acceptors (Lipinski definition) is 6. The van der Waals surface area contributed by atoms with Crippen LogP contribution >= 0.6 is 0 Å². The predicted molar refractivity (Wildman–Crippen MR) is 143 cm³/mol. The van der Waals surface area contributed by atoms with E-state index in [1.54, 1.807) is 41.1 Å². The Kier molecular flexibility index (Phi) is 6.10. The van der Waals surface area contributed by atoms with Crippen LogP contribution in [0.3, 0.4) is 0 Å². The van der Waals surface area contributed by atoms with Crippen LogP contribution in [0, 0.1) is 24.0 Å². The van der Waals surface area contributed by atoms with E-state index < -0.39 is 4.92 Å². The second-order valence-electron chi connectivity index (χ2n) is 8.45. The van der Waals surface area contributed by atoms with Crippen molar-refractivity contribution in [1.82, 2.24) is 14.2 Å². The minimum Gasteiger partial charge on any atom is -0.496 e. The zero-order valence-electron chi connectivity index (χ0n) is 20.5. The summed E-state index contributed by atoms with van der Waals surface area (Å²) in [5.74, 6) is 0.816. The number of aromatic nitrogens is 3. The molecule has 37 heavy (non-hydrogen) atoms. The van der Waals surface area contributed by atoms with Crippen LogP contribution in [0.2, 0.25) is 0 Å². The first-order valence-electron chi connectivity index (χ1n) is 11.5. The van der Waals surface area contributed by atoms with Crippen molar-refractivity contribution in [2.75, 3.05) is 7.11 Å². The molecule has 0 aliphatic carbocycles. The monoisotopic (exact) mass is 493 g/mol. The van der Waals surface area contributed by atoms with Crippen molar-refractivity contribution in [2.24, 2.45) is 5.10 Å². The molecule has 0 amide bonds. The van der Waals surface area contributed by atoms with Crippen molar-refractivity contribution in [3.8, 4) is 22.8 Å². The average molecular weight is 494 g/mol. The topological polar surface area (TPSA) is 105 Å². The molecule has 0 aliphatic heterocycles. The van der Waals surface area contributed by atoms with E-state index in [-0.39, 0.29) is 11.2 Å². The lowest BCUT2D eigenvalue weighted by atomic mass is 10.2. The summed E-state index contributed by atoms with van der Waals surface area (Å²) in [4.78, 5) is 29.5. The van der Waals surface area contributed by atoms with Crippen molar-refractivity contribution < 1.29 is 9.66 Å². The van der Waals surface area contributed by atoms with Gasteiger partial charge in [-0.3, -0.25) is 14.9 Å². The van der Waals surface area contributed by atoms with Gasteiger partial charge in [-0.25, -0.2) is 4.98 Å². The third-order valence-electron chi connectivity index (χ3n) is 6.19. The fourth-order valence-electron chi connectivity index (χ4n) is 4.38. The highest BCUT2D eigenvalue weighted by Gasteiger charge is 2.21. The average Bonchev–Trinajstić information content (AvgIpc) is 3.20. The molecule has 0 spiro atoms. The smallest absolute Gasteiger partial charge is 0.296 e. The molecule has 0 saturated heterocycles.